The monoisotopic (exact) mass is 516 g/mol. The van der Waals surface area contributed by atoms with Crippen LogP contribution in [-0.2, 0) is 9.47 Å². The first-order chi connectivity index (χ1) is 18.5. The van der Waals surface area contributed by atoms with Crippen LogP contribution in [0, 0.1) is 17.1 Å². The third-order valence-corrected chi connectivity index (χ3v) is 7.17. The molecule has 198 valence electrons. The largest absolute Gasteiger partial charge is 0.494 e. The molecule has 0 aliphatic carbocycles. The van der Waals surface area contributed by atoms with E-state index in [1.165, 1.54) is 6.33 Å². The molecule has 0 atom stereocenters. The van der Waals surface area contributed by atoms with Crippen molar-refractivity contribution >= 4 is 22.3 Å². The fraction of sp³-hybridized carbons (Fsp3) is 0.414. The fourth-order valence-electron chi connectivity index (χ4n) is 4.98. The van der Waals surface area contributed by atoms with E-state index >= 15 is 4.39 Å². The minimum absolute atomic E-state index is 0.132. The Kier molecular flexibility index (Phi) is 8.01. The molecular weight excluding hydrogens is 483 g/mol. The molecule has 4 heterocycles. The zero-order valence-electron chi connectivity index (χ0n) is 21.9. The summed E-state index contributed by atoms with van der Waals surface area (Å²) >= 11 is 0. The van der Waals surface area contributed by atoms with Crippen molar-refractivity contribution in [1.82, 2.24) is 19.9 Å². The molecule has 1 N–H and O–H groups in total. The number of nitrogens with one attached hydrogen (secondary N) is 1. The number of aromatic nitrogens is 3. The van der Waals surface area contributed by atoms with Crippen LogP contribution < -0.4 is 4.90 Å². The molecule has 2 aliphatic rings. The Labute approximate surface area is 222 Å². The fourth-order valence-corrected chi connectivity index (χ4v) is 4.98. The van der Waals surface area contributed by atoms with Gasteiger partial charge in [-0.05, 0) is 56.7 Å². The van der Waals surface area contributed by atoms with Crippen LogP contribution in [0.4, 0.5) is 10.1 Å². The number of H-pyrrole nitrogens is 1. The maximum atomic E-state index is 15.0. The first-order valence-electron chi connectivity index (χ1n) is 13.1. The summed E-state index contributed by atoms with van der Waals surface area (Å²) in [6, 6.07) is 9.47. The number of ether oxygens (including phenoxy) is 2. The summed E-state index contributed by atoms with van der Waals surface area (Å²) in [6.07, 6.45) is 7.59. The maximum absolute atomic E-state index is 15.0. The van der Waals surface area contributed by atoms with Gasteiger partial charge in [-0.2, -0.15) is 5.26 Å². The normalized spacial score (nSPS) is 18.1. The van der Waals surface area contributed by atoms with Crippen LogP contribution in [-0.4, -0.2) is 72.4 Å². The van der Waals surface area contributed by atoms with Crippen molar-refractivity contribution in [3.63, 3.8) is 0 Å². The number of nitrogens with zero attached hydrogens (tertiary/aromatic N) is 5. The Bertz CT molecular complexity index is 1380. The van der Waals surface area contributed by atoms with Gasteiger partial charge >= 0.3 is 0 Å². The second-order valence-electron chi connectivity index (χ2n) is 9.87. The lowest BCUT2D eigenvalue weighted by molar-refractivity contribution is 0.0565. The summed E-state index contributed by atoms with van der Waals surface area (Å²) in [7, 11) is 2.11. The first-order valence-corrected chi connectivity index (χ1v) is 13.1. The van der Waals surface area contributed by atoms with Gasteiger partial charge in [0.25, 0.3) is 0 Å². The lowest BCUT2D eigenvalue weighted by Gasteiger charge is -2.29. The number of halogens is 1. The number of fused-ring (bicyclic) bond motifs is 1. The summed E-state index contributed by atoms with van der Waals surface area (Å²) < 4.78 is 26.6. The maximum Gasteiger partial charge on any atom is 0.147 e. The van der Waals surface area contributed by atoms with Crippen molar-refractivity contribution in [1.29, 1.82) is 5.26 Å². The summed E-state index contributed by atoms with van der Waals surface area (Å²) in [6.45, 7) is 6.54. The van der Waals surface area contributed by atoms with E-state index < -0.39 is 0 Å². The molecule has 38 heavy (non-hydrogen) atoms. The quantitative estimate of drug-likeness (QED) is 0.352. The standard InChI is InChI=1S/C29H33FN6O2/c1-20(3-5-22(7-10-31)38-23-8-11-35(2)12-9-23)28-24-18-26(34-29(24)33-19-32-28)21-4-6-27(25(30)17-21)36-13-15-37-16-14-36/h3-6,17-19,23H,7-9,11-16H2,1-2H3,(H,32,33,34)/b20-3+,22-5+. The highest BCUT2D eigenvalue weighted by Crippen LogP contribution is 2.31. The highest BCUT2D eigenvalue weighted by atomic mass is 19.1. The van der Waals surface area contributed by atoms with Gasteiger partial charge in [-0.1, -0.05) is 12.1 Å². The van der Waals surface area contributed by atoms with E-state index in [-0.39, 0.29) is 18.3 Å². The topological polar surface area (TPSA) is 90.3 Å². The van der Waals surface area contributed by atoms with E-state index in [2.05, 4.69) is 33.0 Å². The molecule has 3 aromatic rings. The molecular formula is C29H33FN6O2. The lowest BCUT2D eigenvalue weighted by atomic mass is 10.1. The Morgan fingerprint density at radius 1 is 1.18 bits per heavy atom. The zero-order chi connectivity index (χ0) is 26.5. The van der Waals surface area contributed by atoms with E-state index in [9.17, 15) is 5.26 Å². The highest BCUT2D eigenvalue weighted by molar-refractivity contribution is 5.91. The molecule has 0 spiro atoms. The minimum atomic E-state index is -0.259. The number of likely N-dealkylation sites (tertiary alicyclic amines) is 1. The number of morpholine rings is 1. The molecule has 5 rings (SSSR count). The Balaban J connectivity index is 1.38. The van der Waals surface area contributed by atoms with Gasteiger partial charge in [0.05, 0.1) is 37.1 Å². The number of allylic oxidation sites excluding steroid dienone is 4. The SMILES string of the molecule is C/C(=C\C=C(/CC#N)OC1CCN(C)CC1)c1ncnc2[nH]c(-c3ccc(N4CCOCC4)c(F)c3)cc12. The smallest absolute Gasteiger partial charge is 0.147 e. The number of hydrogen-bond donors (Lipinski definition) is 1. The predicted molar refractivity (Wildman–Crippen MR) is 146 cm³/mol. The number of piperidine rings is 1. The van der Waals surface area contributed by atoms with Gasteiger partial charge in [-0.15, -0.1) is 0 Å². The second-order valence-corrected chi connectivity index (χ2v) is 9.87. The molecule has 2 aliphatic heterocycles. The van der Waals surface area contributed by atoms with Gasteiger partial charge in [0.15, 0.2) is 0 Å². The minimum Gasteiger partial charge on any atom is -0.494 e. The molecule has 0 radical (unpaired) electrons. The number of rotatable bonds is 7. The van der Waals surface area contributed by atoms with E-state index in [0.717, 1.165) is 53.8 Å². The van der Waals surface area contributed by atoms with Crippen molar-refractivity contribution in [3.8, 4) is 17.3 Å². The van der Waals surface area contributed by atoms with E-state index in [1.807, 2.05) is 42.2 Å². The van der Waals surface area contributed by atoms with Crippen molar-refractivity contribution in [2.24, 2.45) is 0 Å². The average Bonchev–Trinajstić information content (AvgIpc) is 3.38. The summed E-state index contributed by atoms with van der Waals surface area (Å²) in [4.78, 5) is 16.5. The van der Waals surface area contributed by atoms with Crippen LogP contribution in [0.15, 0.2) is 48.5 Å². The Morgan fingerprint density at radius 2 is 1.97 bits per heavy atom. The molecule has 0 saturated carbocycles. The molecule has 0 amide bonds. The van der Waals surface area contributed by atoms with Gasteiger partial charge in [0.1, 0.15) is 29.7 Å². The van der Waals surface area contributed by atoms with Crippen LogP contribution >= 0.6 is 0 Å². The zero-order valence-corrected chi connectivity index (χ0v) is 21.9. The van der Waals surface area contributed by atoms with E-state index in [4.69, 9.17) is 9.47 Å². The lowest BCUT2D eigenvalue weighted by Crippen LogP contribution is -2.36. The van der Waals surface area contributed by atoms with Crippen molar-refractivity contribution in [3.05, 3.63) is 60.0 Å². The molecule has 2 saturated heterocycles. The van der Waals surface area contributed by atoms with E-state index in [0.29, 0.717) is 43.4 Å². The van der Waals surface area contributed by atoms with Crippen molar-refractivity contribution < 1.29 is 13.9 Å². The highest BCUT2D eigenvalue weighted by Gasteiger charge is 2.19. The summed E-state index contributed by atoms with van der Waals surface area (Å²) in [5, 5.41) is 10.1. The average molecular weight is 517 g/mol. The predicted octanol–water partition coefficient (Wildman–Crippen LogP) is 4.91. The molecule has 0 unspecified atom stereocenters. The number of nitriles is 1. The van der Waals surface area contributed by atoms with Gasteiger partial charge in [-0.3, -0.25) is 0 Å². The number of aromatic amines is 1. The van der Waals surface area contributed by atoms with Crippen molar-refractivity contribution in [2.75, 3.05) is 51.3 Å². The van der Waals surface area contributed by atoms with Gasteiger partial charge in [-0.25, -0.2) is 14.4 Å². The molecule has 2 aromatic heterocycles. The summed E-state index contributed by atoms with van der Waals surface area (Å²) in [5.74, 6) is 0.405. The molecule has 0 bridgehead atoms. The van der Waals surface area contributed by atoms with Crippen LogP contribution in [0.2, 0.25) is 0 Å². The van der Waals surface area contributed by atoms with Crippen LogP contribution in [0.3, 0.4) is 0 Å². The van der Waals surface area contributed by atoms with Gasteiger partial charge in [0.2, 0.25) is 0 Å². The molecule has 8 nitrogen and oxygen atoms in total. The van der Waals surface area contributed by atoms with Gasteiger partial charge in [0, 0.05) is 42.8 Å². The van der Waals surface area contributed by atoms with Gasteiger partial charge < -0.3 is 24.3 Å². The Morgan fingerprint density at radius 3 is 2.71 bits per heavy atom. The summed E-state index contributed by atoms with van der Waals surface area (Å²) in [5.41, 5.74) is 4.48. The third-order valence-electron chi connectivity index (χ3n) is 7.17. The Hall–Kier alpha value is -3.74. The molecule has 1 aromatic carbocycles. The first kappa shape index (κ1) is 25.9. The molecule has 9 heteroatoms. The van der Waals surface area contributed by atoms with Crippen LogP contribution in [0.25, 0.3) is 27.9 Å². The second kappa shape index (κ2) is 11.8. The number of hydrogen-bond acceptors (Lipinski definition) is 7. The third kappa shape index (κ3) is 5.87. The molecule has 2 fully saturated rings. The van der Waals surface area contributed by atoms with Crippen LogP contribution in [0.1, 0.15) is 31.9 Å². The number of anilines is 1. The van der Waals surface area contributed by atoms with Crippen LogP contribution in [0.5, 0.6) is 0 Å². The van der Waals surface area contributed by atoms with E-state index in [1.54, 1.807) is 6.07 Å². The van der Waals surface area contributed by atoms with Crippen molar-refractivity contribution in [2.45, 2.75) is 32.3 Å². The number of benzene rings is 1.